The molecule has 0 radical (unpaired) electrons. The molecule has 5 rings (SSSR count). The van der Waals surface area contributed by atoms with Crippen molar-refractivity contribution in [2.75, 3.05) is 12.4 Å². The maximum atomic E-state index is 12.8. The van der Waals surface area contributed by atoms with Crippen LogP contribution in [0.4, 0.5) is 5.69 Å². The molecule has 0 saturated heterocycles. The lowest BCUT2D eigenvalue weighted by atomic mass is 10.2. The number of methoxy groups -OCH3 is 1. The van der Waals surface area contributed by atoms with Crippen molar-refractivity contribution < 1.29 is 14.3 Å². The Hall–Kier alpha value is -4.26. The molecule has 3 aromatic heterocycles. The van der Waals surface area contributed by atoms with Crippen LogP contribution in [0.2, 0.25) is 0 Å². The average molecular weight is 441 g/mol. The number of anilines is 1. The number of nitrogens with one attached hydrogen (secondary N) is 1. The maximum Gasteiger partial charge on any atom is 0.244 e. The van der Waals surface area contributed by atoms with Gasteiger partial charge in [0.05, 0.1) is 12.8 Å². The molecule has 7 nitrogen and oxygen atoms in total. The summed E-state index contributed by atoms with van der Waals surface area (Å²) in [7, 11) is 1.59. The van der Waals surface area contributed by atoms with Crippen LogP contribution in [0.25, 0.3) is 16.6 Å². The largest absolute Gasteiger partial charge is 0.493 e. The monoisotopic (exact) mass is 440 g/mol. The maximum absolute atomic E-state index is 12.8. The molecule has 33 heavy (non-hydrogen) atoms. The van der Waals surface area contributed by atoms with Crippen molar-refractivity contribution in [3.8, 4) is 11.5 Å². The number of ether oxygens (including phenoxy) is 2. The molecule has 1 N–H and O–H groups in total. The summed E-state index contributed by atoms with van der Waals surface area (Å²) in [6.07, 6.45) is 3.87. The van der Waals surface area contributed by atoms with Crippen LogP contribution in [0.5, 0.6) is 11.5 Å². The molecule has 2 aromatic carbocycles. The first-order valence-corrected chi connectivity index (χ1v) is 10.7. The molecule has 0 saturated carbocycles. The average Bonchev–Trinajstić information content (AvgIpc) is 3.38. The minimum Gasteiger partial charge on any atom is -0.493 e. The standard InChI is InChI=1S/C26H24N4O3/c1-18-13-19-7-3-4-8-22(19)30(18)16-26(31)28-20-10-11-23(32-2)24(14-20)33-17-21-15-29-12-6-5-9-25(29)27-21/h3-15H,16-17H2,1-2H3,(H,28,31). The minimum absolute atomic E-state index is 0.115. The van der Waals surface area contributed by atoms with Crippen molar-refractivity contribution in [2.45, 2.75) is 20.1 Å². The van der Waals surface area contributed by atoms with Crippen LogP contribution < -0.4 is 14.8 Å². The normalized spacial score (nSPS) is 11.1. The van der Waals surface area contributed by atoms with E-state index in [0.717, 1.165) is 27.9 Å². The lowest BCUT2D eigenvalue weighted by molar-refractivity contribution is -0.116. The number of hydrogen-bond donors (Lipinski definition) is 1. The van der Waals surface area contributed by atoms with Crippen molar-refractivity contribution in [1.82, 2.24) is 14.0 Å². The summed E-state index contributed by atoms with van der Waals surface area (Å²) >= 11 is 0. The van der Waals surface area contributed by atoms with E-state index in [1.54, 1.807) is 25.3 Å². The number of hydrogen-bond acceptors (Lipinski definition) is 4. The highest BCUT2D eigenvalue weighted by Crippen LogP contribution is 2.31. The number of amides is 1. The summed E-state index contributed by atoms with van der Waals surface area (Å²) in [4.78, 5) is 17.4. The van der Waals surface area contributed by atoms with Crippen LogP contribution in [0.15, 0.2) is 79.1 Å². The molecule has 3 heterocycles. The zero-order chi connectivity index (χ0) is 22.8. The highest BCUT2D eigenvalue weighted by Gasteiger charge is 2.12. The fourth-order valence-electron chi connectivity index (χ4n) is 3.98. The van der Waals surface area contributed by atoms with Crippen LogP contribution in [0, 0.1) is 6.92 Å². The number of nitrogens with zero attached hydrogens (tertiary/aromatic N) is 3. The van der Waals surface area contributed by atoms with Gasteiger partial charge in [0.25, 0.3) is 0 Å². The highest BCUT2D eigenvalue weighted by atomic mass is 16.5. The van der Waals surface area contributed by atoms with E-state index in [0.29, 0.717) is 17.2 Å². The Morgan fingerprint density at radius 2 is 1.88 bits per heavy atom. The fourth-order valence-corrected chi connectivity index (χ4v) is 3.98. The second-order valence-corrected chi connectivity index (χ2v) is 7.83. The first kappa shape index (κ1) is 20.6. The van der Waals surface area contributed by atoms with E-state index >= 15 is 0 Å². The van der Waals surface area contributed by atoms with Crippen LogP contribution in [-0.4, -0.2) is 27.0 Å². The van der Waals surface area contributed by atoms with Crippen molar-refractivity contribution in [1.29, 1.82) is 0 Å². The molecule has 0 aliphatic heterocycles. The van der Waals surface area contributed by atoms with Crippen LogP contribution in [-0.2, 0) is 17.9 Å². The van der Waals surface area contributed by atoms with Gasteiger partial charge in [0.15, 0.2) is 11.5 Å². The molecular weight excluding hydrogens is 416 g/mol. The SMILES string of the molecule is COc1ccc(NC(=O)Cn2c(C)cc3ccccc32)cc1OCc1cn2ccccc2n1. The molecule has 166 valence electrons. The Morgan fingerprint density at radius 3 is 2.73 bits per heavy atom. The quantitative estimate of drug-likeness (QED) is 0.394. The topological polar surface area (TPSA) is 69.8 Å². The fraction of sp³-hybridized carbons (Fsp3) is 0.154. The van der Waals surface area contributed by atoms with Gasteiger partial charge in [-0.3, -0.25) is 4.79 Å². The smallest absolute Gasteiger partial charge is 0.244 e. The van der Waals surface area contributed by atoms with Crippen LogP contribution >= 0.6 is 0 Å². The van der Waals surface area contributed by atoms with E-state index in [1.165, 1.54) is 0 Å². The predicted molar refractivity (Wildman–Crippen MR) is 128 cm³/mol. The van der Waals surface area contributed by atoms with Gasteiger partial charge < -0.3 is 23.8 Å². The Kier molecular flexibility index (Phi) is 5.44. The lowest BCUT2D eigenvalue weighted by Crippen LogP contribution is -2.19. The van der Waals surface area contributed by atoms with Crippen LogP contribution in [0.3, 0.4) is 0 Å². The molecule has 0 unspecified atom stereocenters. The molecule has 0 atom stereocenters. The van der Waals surface area contributed by atoms with Gasteiger partial charge in [-0.1, -0.05) is 24.3 Å². The Labute approximate surface area is 191 Å². The predicted octanol–water partition coefficient (Wildman–Crippen LogP) is 4.82. The number of pyridine rings is 1. The third-order valence-electron chi connectivity index (χ3n) is 5.56. The van der Waals surface area contributed by atoms with E-state index in [2.05, 4.69) is 16.4 Å². The van der Waals surface area contributed by atoms with E-state index < -0.39 is 0 Å². The molecule has 0 bridgehead atoms. The van der Waals surface area contributed by atoms with E-state index in [9.17, 15) is 4.79 Å². The molecule has 0 spiro atoms. The summed E-state index contributed by atoms with van der Waals surface area (Å²) in [5.41, 5.74) is 4.37. The minimum atomic E-state index is -0.115. The van der Waals surface area contributed by atoms with Gasteiger partial charge >= 0.3 is 0 Å². The van der Waals surface area contributed by atoms with Crippen molar-refractivity contribution in [3.63, 3.8) is 0 Å². The second kappa shape index (κ2) is 8.70. The van der Waals surface area contributed by atoms with Gasteiger partial charge in [0.2, 0.25) is 5.91 Å². The third-order valence-corrected chi connectivity index (χ3v) is 5.56. The van der Waals surface area contributed by atoms with Gasteiger partial charge in [-0.15, -0.1) is 0 Å². The first-order valence-electron chi connectivity index (χ1n) is 10.7. The Morgan fingerprint density at radius 1 is 1.03 bits per heavy atom. The van der Waals surface area contributed by atoms with Gasteiger partial charge in [-0.2, -0.15) is 0 Å². The summed E-state index contributed by atoms with van der Waals surface area (Å²) in [5.74, 6) is 1.01. The second-order valence-electron chi connectivity index (χ2n) is 7.83. The molecular formula is C26H24N4O3. The molecule has 1 amide bonds. The van der Waals surface area contributed by atoms with E-state index in [1.807, 2.05) is 70.7 Å². The summed E-state index contributed by atoms with van der Waals surface area (Å²) in [6.45, 7) is 2.51. The number of carbonyl (C=O) groups is 1. The zero-order valence-electron chi connectivity index (χ0n) is 18.5. The summed E-state index contributed by atoms with van der Waals surface area (Å²) in [5, 5.41) is 4.09. The molecule has 7 heteroatoms. The molecule has 0 aliphatic carbocycles. The zero-order valence-corrected chi connectivity index (χ0v) is 18.5. The molecule has 0 aliphatic rings. The van der Waals surface area contributed by atoms with Crippen molar-refractivity contribution in [3.05, 3.63) is 90.5 Å². The molecule has 0 fully saturated rings. The van der Waals surface area contributed by atoms with Crippen molar-refractivity contribution in [2.24, 2.45) is 0 Å². The lowest BCUT2D eigenvalue weighted by Gasteiger charge is -2.13. The van der Waals surface area contributed by atoms with Gasteiger partial charge in [-0.05, 0) is 48.7 Å². The van der Waals surface area contributed by atoms with Crippen LogP contribution in [0.1, 0.15) is 11.4 Å². The number of rotatable bonds is 7. The number of imidazole rings is 1. The Balaban J connectivity index is 1.31. The number of aryl methyl sites for hydroxylation is 1. The number of carbonyl (C=O) groups excluding carboxylic acids is 1. The molecule has 5 aromatic rings. The first-order chi connectivity index (χ1) is 16.1. The Bertz CT molecular complexity index is 1420. The van der Waals surface area contributed by atoms with Gasteiger partial charge in [0, 0.05) is 35.4 Å². The summed E-state index contributed by atoms with van der Waals surface area (Å²) < 4.78 is 15.4. The third kappa shape index (κ3) is 4.25. The van der Waals surface area contributed by atoms with Crippen molar-refractivity contribution >= 4 is 28.1 Å². The van der Waals surface area contributed by atoms with Gasteiger partial charge in [0.1, 0.15) is 18.8 Å². The highest BCUT2D eigenvalue weighted by molar-refractivity contribution is 5.92. The number of fused-ring (bicyclic) bond motifs is 2. The number of aromatic nitrogens is 3. The van der Waals surface area contributed by atoms with E-state index in [-0.39, 0.29) is 19.1 Å². The number of para-hydroxylation sites is 1. The number of benzene rings is 2. The van der Waals surface area contributed by atoms with Gasteiger partial charge in [-0.25, -0.2) is 4.98 Å². The van der Waals surface area contributed by atoms with E-state index in [4.69, 9.17) is 9.47 Å². The summed E-state index contributed by atoms with van der Waals surface area (Å²) in [6, 6.07) is 21.3.